The van der Waals surface area contributed by atoms with E-state index < -0.39 is 24.2 Å². The highest BCUT2D eigenvalue weighted by Gasteiger charge is 2.46. The predicted molar refractivity (Wildman–Crippen MR) is 101 cm³/mol. The van der Waals surface area contributed by atoms with E-state index in [1.165, 1.54) is 18.9 Å². The van der Waals surface area contributed by atoms with Crippen LogP contribution in [0.15, 0.2) is 24.3 Å². The Balaban J connectivity index is 1.77. The molecule has 2 aliphatic carbocycles. The molecule has 1 aromatic rings. The molecule has 1 aromatic carbocycles. The van der Waals surface area contributed by atoms with E-state index in [-0.39, 0.29) is 23.8 Å². The Morgan fingerprint density at radius 2 is 1.78 bits per heavy atom. The minimum Gasteiger partial charge on any atom is -0.366 e. The maximum absolute atomic E-state index is 14.1. The third kappa shape index (κ3) is 5.05. The van der Waals surface area contributed by atoms with Gasteiger partial charge in [-0.3, -0.25) is 9.59 Å². The summed E-state index contributed by atoms with van der Waals surface area (Å²) in [7, 11) is 0. The van der Waals surface area contributed by atoms with Crippen LogP contribution in [0.2, 0.25) is 0 Å². The predicted octanol–water partition coefficient (Wildman–Crippen LogP) is 4.75. The van der Waals surface area contributed by atoms with Crippen LogP contribution in [0.5, 0.6) is 0 Å². The van der Waals surface area contributed by atoms with E-state index in [1.807, 2.05) is 0 Å². The van der Waals surface area contributed by atoms with Crippen molar-refractivity contribution in [3.63, 3.8) is 0 Å². The second-order valence-corrected chi connectivity index (χ2v) is 8.06. The smallest absolute Gasteiger partial charge is 0.248 e. The van der Waals surface area contributed by atoms with Crippen LogP contribution in [0.4, 0.5) is 14.5 Å². The molecule has 2 saturated carbocycles. The van der Waals surface area contributed by atoms with Gasteiger partial charge in [-0.15, -0.1) is 0 Å². The van der Waals surface area contributed by atoms with Gasteiger partial charge < -0.3 is 11.1 Å². The summed E-state index contributed by atoms with van der Waals surface area (Å²) in [5, 5.41) is 2.75. The molecular weight excluding hydrogens is 350 g/mol. The highest BCUT2D eigenvalue weighted by molar-refractivity contribution is 5.97. The van der Waals surface area contributed by atoms with Crippen molar-refractivity contribution >= 4 is 17.5 Å². The first-order valence-corrected chi connectivity index (χ1v) is 9.94. The minimum atomic E-state index is -2.79. The van der Waals surface area contributed by atoms with Gasteiger partial charge in [0, 0.05) is 30.0 Å². The molecule has 0 saturated heterocycles. The van der Waals surface area contributed by atoms with Crippen molar-refractivity contribution in [2.45, 2.75) is 63.7 Å². The molecule has 0 bridgehead atoms. The molecule has 148 valence electrons. The number of amides is 2. The van der Waals surface area contributed by atoms with Crippen LogP contribution in [-0.4, -0.2) is 17.7 Å². The Morgan fingerprint density at radius 1 is 1.07 bits per heavy atom. The number of primary amides is 1. The molecule has 6 heteroatoms. The second-order valence-electron chi connectivity index (χ2n) is 8.06. The normalized spacial score (nSPS) is 26.1. The van der Waals surface area contributed by atoms with Crippen LogP contribution in [-0.2, 0) is 4.79 Å². The Morgan fingerprint density at radius 3 is 2.44 bits per heavy atom. The largest absolute Gasteiger partial charge is 0.366 e. The molecule has 2 fully saturated rings. The molecule has 27 heavy (non-hydrogen) atoms. The number of hydrogen-bond acceptors (Lipinski definition) is 2. The molecule has 2 aliphatic rings. The molecule has 0 spiro atoms. The molecule has 0 aliphatic heterocycles. The van der Waals surface area contributed by atoms with Gasteiger partial charge in [0.25, 0.3) is 0 Å². The van der Waals surface area contributed by atoms with Gasteiger partial charge in [0.1, 0.15) is 0 Å². The molecule has 0 radical (unpaired) electrons. The topological polar surface area (TPSA) is 72.2 Å². The molecule has 2 amide bonds. The molecule has 2 atom stereocenters. The summed E-state index contributed by atoms with van der Waals surface area (Å²) in [6, 6.07) is 6.31. The number of benzene rings is 1. The van der Waals surface area contributed by atoms with Crippen molar-refractivity contribution in [2.75, 3.05) is 5.32 Å². The quantitative estimate of drug-likeness (QED) is 0.743. The Kier molecular flexibility index (Phi) is 6.12. The number of hydrogen-bond donors (Lipinski definition) is 2. The summed E-state index contributed by atoms with van der Waals surface area (Å²) in [4.78, 5) is 24.2. The lowest BCUT2D eigenvalue weighted by molar-refractivity contribution is -0.134. The average Bonchev–Trinajstić information content (AvgIpc) is 2.90. The minimum absolute atomic E-state index is 0.00190. The zero-order valence-corrected chi connectivity index (χ0v) is 15.6. The molecule has 0 aromatic heterocycles. The monoisotopic (exact) mass is 378 g/mol. The fraction of sp³-hybridized carbons (Fsp3) is 0.619. The van der Waals surface area contributed by atoms with Gasteiger partial charge in [0.2, 0.25) is 17.7 Å². The van der Waals surface area contributed by atoms with Crippen LogP contribution < -0.4 is 11.1 Å². The number of carbonyl (C=O) groups excluding carboxylic acids is 2. The van der Waals surface area contributed by atoms with Gasteiger partial charge in [-0.25, -0.2) is 8.78 Å². The number of nitrogens with two attached hydrogens (primary N) is 1. The van der Waals surface area contributed by atoms with Gasteiger partial charge in [-0.2, -0.15) is 0 Å². The molecule has 0 heterocycles. The average molecular weight is 378 g/mol. The Labute approximate surface area is 158 Å². The maximum Gasteiger partial charge on any atom is 0.248 e. The van der Waals surface area contributed by atoms with E-state index in [0.717, 1.165) is 25.7 Å². The third-order valence-electron chi connectivity index (χ3n) is 6.14. The van der Waals surface area contributed by atoms with E-state index in [9.17, 15) is 18.4 Å². The van der Waals surface area contributed by atoms with E-state index in [0.29, 0.717) is 18.0 Å². The molecule has 2 unspecified atom stereocenters. The van der Waals surface area contributed by atoms with Crippen molar-refractivity contribution in [3.05, 3.63) is 29.8 Å². The van der Waals surface area contributed by atoms with Gasteiger partial charge in [-0.05, 0) is 36.5 Å². The number of alkyl halides is 2. The first-order chi connectivity index (χ1) is 12.9. The van der Waals surface area contributed by atoms with Crippen molar-refractivity contribution in [1.82, 2.24) is 0 Å². The maximum atomic E-state index is 14.1. The van der Waals surface area contributed by atoms with Crippen molar-refractivity contribution in [3.8, 4) is 0 Å². The molecule has 4 nitrogen and oxygen atoms in total. The van der Waals surface area contributed by atoms with Crippen LogP contribution in [0.25, 0.3) is 0 Å². The SMILES string of the molecule is NC(=O)c1cccc(NC(=O)C2CC(F)(F)CCC2C2CCCCCC2)c1. The van der Waals surface area contributed by atoms with E-state index in [4.69, 9.17) is 5.73 Å². The zero-order chi connectivity index (χ0) is 19.4. The number of nitrogens with one attached hydrogen (secondary N) is 1. The fourth-order valence-electron chi connectivity index (χ4n) is 4.73. The highest BCUT2D eigenvalue weighted by atomic mass is 19.3. The third-order valence-corrected chi connectivity index (χ3v) is 6.14. The van der Waals surface area contributed by atoms with Crippen LogP contribution in [0.1, 0.15) is 68.1 Å². The summed E-state index contributed by atoms with van der Waals surface area (Å²) < 4.78 is 28.2. The summed E-state index contributed by atoms with van der Waals surface area (Å²) in [6.07, 6.45) is 6.54. The van der Waals surface area contributed by atoms with Crippen LogP contribution in [0.3, 0.4) is 0 Å². The van der Waals surface area contributed by atoms with E-state index >= 15 is 0 Å². The molecule has 3 rings (SSSR count). The Bertz CT molecular complexity index is 685. The van der Waals surface area contributed by atoms with Crippen molar-refractivity contribution in [1.29, 1.82) is 0 Å². The standard InChI is InChI=1S/C21H28F2N2O2/c22-21(23)11-10-17(14-6-3-1-2-4-7-14)18(13-21)20(27)25-16-9-5-8-15(12-16)19(24)26/h5,8-9,12,14,17-18H,1-4,6-7,10-11,13H2,(H2,24,26)(H,25,27). The Hall–Kier alpha value is -1.98. The summed E-state index contributed by atoms with van der Waals surface area (Å²) in [5.41, 5.74) is 5.98. The van der Waals surface area contributed by atoms with Crippen LogP contribution in [0, 0.1) is 17.8 Å². The van der Waals surface area contributed by atoms with Gasteiger partial charge >= 0.3 is 0 Å². The first kappa shape index (κ1) is 19.8. The van der Waals surface area contributed by atoms with Gasteiger partial charge in [0.05, 0.1) is 0 Å². The number of halogens is 2. The number of rotatable bonds is 4. The summed E-state index contributed by atoms with van der Waals surface area (Å²) in [6.45, 7) is 0. The van der Waals surface area contributed by atoms with E-state index in [1.54, 1.807) is 18.2 Å². The van der Waals surface area contributed by atoms with Gasteiger partial charge in [0.15, 0.2) is 0 Å². The van der Waals surface area contributed by atoms with Crippen molar-refractivity contribution in [2.24, 2.45) is 23.5 Å². The first-order valence-electron chi connectivity index (χ1n) is 9.94. The highest BCUT2D eigenvalue weighted by Crippen LogP contribution is 2.46. The second kappa shape index (κ2) is 8.36. The molecule has 3 N–H and O–H groups in total. The molecular formula is C21H28F2N2O2. The number of carbonyl (C=O) groups is 2. The summed E-state index contributed by atoms with van der Waals surface area (Å²) in [5.74, 6) is -4.11. The van der Waals surface area contributed by atoms with Crippen molar-refractivity contribution < 1.29 is 18.4 Å². The van der Waals surface area contributed by atoms with Crippen LogP contribution >= 0.6 is 0 Å². The van der Waals surface area contributed by atoms with Gasteiger partial charge in [-0.1, -0.05) is 44.6 Å². The summed E-state index contributed by atoms with van der Waals surface area (Å²) >= 11 is 0. The zero-order valence-electron chi connectivity index (χ0n) is 15.6. The number of anilines is 1. The fourth-order valence-corrected chi connectivity index (χ4v) is 4.73. The van der Waals surface area contributed by atoms with E-state index in [2.05, 4.69) is 5.32 Å². The lowest BCUT2D eigenvalue weighted by Gasteiger charge is -2.39. The lowest BCUT2D eigenvalue weighted by atomic mass is 9.68. The lowest BCUT2D eigenvalue weighted by Crippen LogP contribution is -2.42.